The summed E-state index contributed by atoms with van der Waals surface area (Å²) in [5.74, 6) is 0.372. The van der Waals surface area contributed by atoms with Crippen molar-refractivity contribution in [1.82, 2.24) is 26.1 Å². The fourth-order valence-corrected chi connectivity index (χ4v) is 3.59. The van der Waals surface area contributed by atoms with Crippen LogP contribution in [0.3, 0.4) is 0 Å². The Bertz CT molecular complexity index is 803. The predicted molar refractivity (Wildman–Crippen MR) is 107 cm³/mol. The number of carbonyl (C=O) groups excluding carboxylic acids is 1. The summed E-state index contributed by atoms with van der Waals surface area (Å²) in [6.07, 6.45) is 2.97. The summed E-state index contributed by atoms with van der Waals surface area (Å²) < 4.78 is 1.89. The van der Waals surface area contributed by atoms with E-state index in [1.165, 1.54) is 0 Å². The Hall–Kier alpha value is -2.51. The number of nitrogens with zero attached hydrogens (tertiary/aromatic N) is 3. The SMILES string of the molecule is Cc1nn(-c2ccccc2)c(C)c1/C=N/NC(=O)CCC1C(C)NNC1C. The third-order valence-corrected chi connectivity index (χ3v) is 5.26. The summed E-state index contributed by atoms with van der Waals surface area (Å²) in [5.41, 5.74) is 12.9. The first-order valence-corrected chi connectivity index (χ1v) is 9.42. The van der Waals surface area contributed by atoms with E-state index < -0.39 is 0 Å². The van der Waals surface area contributed by atoms with Gasteiger partial charge in [-0.3, -0.25) is 15.6 Å². The fourth-order valence-electron chi connectivity index (χ4n) is 3.59. The Labute approximate surface area is 160 Å². The molecule has 7 nitrogen and oxygen atoms in total. The zero-order chi connectivity index (χ0) is 19.4. The van der Waals surface area contributed by atoms with Crippen LogP contribution in [0.15, 0.2) is 35.4 Å². The molecule has 7 heteroatoms. The van der Waals surface area contributed by atoms with Crippen molar-refractivity contribution in [2.75, 3.05) is 0 Å². The smallest absolute Gasteiger partial charge is 0.240 e. The molecule has 1 amide bonds. The molecule has 2 atom stereocenters. The molecule has 2 unspecified atom stereocenters. The normalized spacial score (nSPS) is 22.4. The third-order valence-electron chi connectivity index (χ3n) is 5.26. The van der Waals surface area contributed by atoms with E-state index in [0.29, 0.717) is 24.4 Å². The minimum atomic E-state index is -0.0664. The molecule has 1 fully saturated rings. The molecule has 144 valence electrons. The van der Waals surface area contributed by atoms with Crippen LogP contribution in [-0.2, 0) is 4.79 Å². The zero-order valence-electron chi connectivity index (χ0n) is 16.4. The van der Waals surface area contributed by atoms with Gasteiger partial charge in [0, 0.05) is 24.1 Å². The van der Waals surface area contributed by atoms with Gasteiger partial charge < -0.3 is 0 Å². The summed E-state index contributed by atoms with van der Waals surface area (Å²) in [6.45, 7) is 8.21. The first kappa shape index (κ1) is 19.3. The molecule has 3 rings (SSSR count). The van der Waals surface area contributed by atoms with E-state index in [4.69, 9.17) is 0 Å². The molecule has 0 aliphatic carbocycles. The lowest BCUT2D eigenvalue weighted by molar-refractivity contribution is -0.121. The van der Waals surface area contributed by atoms with Crippen molar-refractivity contribution in [3.8, 4) is 5.69 Å². The van der Waals surface area contributed by atoms with Crippen LogP contribution in [0.25, 0.3) is 5.69 Å². The van der Waals surface area contributed by atoms with Gasteiger partial charge in [0.2, 0.25) is 5.91 Å². The highest BCUT2D eigenvalue weighted by atomic mass is 16.2. The molecule has 0 saturated carbocycles. The monoisotopic (exact) mass is 368 g/mol. The van der Waals surface area contributed by atoms with Crippen LogP contribution in [0.2, 0.25) is 0 Å². The summed E-state index contributed by atoms with van der Waals surface area (Å²) >= 11 is 0. The third kappa shape index (κ3) is 4.43. The van der Waals surface area contributed by atoms with Crippen LogP contribution in [-0.4, -0.2) is 34.0 Å². The minimum absolute atomic E-state index is 0.0664. The van der Waals surface area contributed by atoms with Gasteiger partial charge in [-0.1, -0.05) is 18.2 Å². The number of hydrogen-bond donors (Lipinski definition) is 3. The van der Waals surface area contributed by atoms with Crippen molar-refractivity contribution in [1.29, 1.82) is 0 Å². The van der Waals surface area contributed by atoms with Gasteiger partial charge in [-0.25, -0.2) is 10.1 Å². The van der Waals surface area contributed by atoms with Gasteiger partial charge in [0.25, 0.3) is 0 Å². The number of nitrogens with one attached hydrogen (secondary N) is 3. The Kier molecular flexibility index (Phi) is 6.03. The Morgan fingerprint density at radius 2 is 1.89 bits per heavy atom. The molecule has 2 aromatic rings. The quantitative estimate of drug-likeness (QED) is 0.539. The van der Waals surface area contributed by atoms with Gasteiger partial charge in [0.05, 0.1) is 23.3 Å². The maximum Gasteiger partial charge on any atom is 0.240 e. The van der Waals surface area contributed by atoms with Crippen LogP contribution in [0, 0.1) is 19.8 Å². The molecule has 1 aromatic heterocycles. The maximum atomic E-state index is 12.1. The van der Waals surface area contributed by atoms with Crippen molar-refractivity contribution >= 4 is 12.1 Å². The van der Waals surface area contributed by atoms with Crippen LogP contribution >= 0.6 is 0 Å². The van der Waals surface area contributed by atoms with Gasteiger partial charge in [-0.05, 0) is 52.2 Å². The summed E-state index contributed by atoms with van der Waals surface area (Å²) in [6, 6.07) is 10.7. The van der Waals surface area contributed by atoms with E-state index in [1.807, 2.05) is 48.9 Å². The topological polar surface area (TPSA) is 83.3 Å². The second kappa shape index (κ2) is 8.45. The Morgan fingerprint density at radius 1 is 1.22 bits per heavy atom. The van der Waals surface area contributed by atoms with E-state index in [1.54, 1.807) is 6.21 Å². The number of aryl methyl sites for hydroxylation is 1. The second-order valence-electron chi connectivity index (χ2n) is 7.19. The minimum Gasteiger partial charge on any atom is -0.273 e. The Morgan fingerprint density at radius 3 is 2.56 bits per heavy atom. The highest BCUT2D eigenvalue weighted by molar-refractivity contribution is 5.84. The average Bonchev–Trinajstić information content (AvgIpc) is 3.13. The Balaban J connectivity index is 1.58. The van der Waals surface area contributed by atoms with E-state index in [-0.39, 0.29) is 5.91 Å². The van der Waals surface area contributed by atoms with Crippen molar-refractivity contribution in [2.45, 2.75) is 52.6 Å². The highest BCUT2D eigenvalue weighted by Gasteiger charge is 2.29. The predicted octanol–water partition coefficient (Wildman–Crippen LogP) is 2.22. The molecule has 0 radical (unpaired) electrons. The van der Waals surface area contributed by atoms with Gasteiger partial charge in [-0.15, -0.1) is 0 Å². The van der Waals surface area contributed by atoms with Crippen LogP contribution in [0.1, 0.15) is 43.6 Å². The number of aromatic nitrogens is 2. The lowest BCUT2D eigenvalue weighted by atomic mass is 9.91. The first-order chi connectivity index (χ1) is 13.0. The average molecular weight is 368 g/mol. The van der Waals surface area contributed by atoms with Crippen LogP contribution < -0.4 is 16.3 Å². The lowest BCUT2D eigenvalue weighted by Gasteiger charge is -2.16. The summed E-state index contributed by atoms with van der Waals surface area (Å²) in [7, 11) is 0. The molecule has 1 aliphatic rings. The molecular weight excluding hydrogens is 340 g/mol. The number of amides is 1. The van der Waals surface area contributed by atoms with E-state index >= 15 is 0 Å². The van der Waals surface area contributed by atoms with Crippen molar-refractivity contribution in [2.24, 2.45) is 11.0 Å². The molecule has 27 heavy (non-hydrogen) atoms. The van der Waals surface area contributed by atoms with Gasteiger partial charge in [0.1, 0.15) is 0 Å². The second-order valence-corrected chi connectivity index (χ2v) is 7.19. The van der Waals surface area contributed by atoms with Crippen LogP contribution in [0.5, 0.6) is 0 Å². The number of hydrazone groups is 1. The van der Waals surface area contributed by atoms with E-state index in [0.717, 1.165) is 29.1 Å². The molecule has 3 N–H and O–H groups in total. The van der Waals surface area contributed by atoms with E-state index in [2.05, 4.69) is 40.3 Å². The van der Waals surface area contributed by atoms with Crippen molar-refractivity contribution in [3.05, 3.63) is 47.3 Å². The molecule has 0 spiro atoms. The molecular formula is C20H28N6O. The number of carbonyl (C=O) groups is 1. The van der Waals surface area contributed by atoms with E-state index in [9.17, 15) is 4.79 Å². The zero-order valence-corrected chi connectivity index (χ0v) is 16.4. The maximum absolute atomic E-state index is 12.1. The van der Waals surface area contributed by atoms with Crippen molar-refractivity contribution in [3.63, 3.8) is 0 Å². The lowest BCUT2D eigenvalue weighted by Crippen LogP contribution is -2.30. The molecule has 1 saturated heterocycles. The molecule has 1 aliphatic heterocycles. The molecule has 2 heterocycles. The number of para-hydroxylation sites is 1. The number of rotatable bonds is 6. The van der Waals surface area contributed by atoms with Gasteiger partial charge in [-0.2, -0.15) is 10.2 Å². The van der Waals surface area contributed by atoms with Crippen LogP contribution in [0.4, 0.5) is 0 Å². The number of hydrazine groups is 1. The number of hydrogen-bond acceptors (Lipinski definition) is 5. The molecule has 1 aromatic carbocycles. The van der Waals surface area contributed by atoms with Gasteiger partial charge in [0.15, 0.2) is 0 Å². The highest BCUT2D eigenvalue weighted by Crippen LogP contribution is 2.20. The largest absolute Gasteiger partial charge is 0.273 e. The molecule has 0 bridgehead atoms. The summed E-state index contributed by atoms with van der Waals surface area (Å²) in [4.78, 5) is 12.1. The standard InChI is InChI=1S/C20H28N6O/c1-13-18(14(2)23-22-13)10-11-20(27)24-21-12-19-15(3)25-26(16(19)4)17-8-6-5-7-9-17/h5-9,12-14,18,22-23H,10-11H2,1-4H3,(H,24,27)/b21-12+. The van der Waals surface area contributed by atoms with Crippen molar-refractivity contribution < 1.29 is 4.79 Å². The number of benzene rings is 1. The summed E-state index contributed by atoms with van der Waals surface area (Å²) in [5, 5.41) is 8.73. The van der Waals surface area contributed by atoms with Gasteiger partial charge >= 0.3 is 0 Å². The fraction of sp³-hybridized carbons (Fsp3) is 0.450. The first-order valence-electron chi connectivity index (χ1n) is 9.42.